The summed E-state index contributed by atoms with van der Waals surface area (Å²) in [6.45, 7) is 0. The largest absolute Gasteiger partial charge is 0.493 e. The first kappa shape index (κ1) is 21.5. The average molecular weight is 441 g/mol. The molecular formula is C19H18F3N3O4S. The van der Waals surface area contributed by atoms with Crippen LogP contribution in [0.25, 0.3) is 16.9 Å². The highest BCUT2D eigenvalue weighted by Crippen LogP contribution is 2.36. The standard InChI is InChI=1S/C19H18F3N3O4S/c1-28-16-9-4-12(10-17(16)29-2)15-11-18(19(20,21)22)23-25(15)14-7-5-13(6-8-14)24-30(3,26)27/h4-11,24H,1-3H3. The monoisotopic (exact) mass is 441 g/mol. The lowest BCUT2D eigenvalue weighted by Gasteiger charge is -2.12. The number of ether oxygens (including phenoxy) is 2. The Balaban J connectivity index is 2.12. The smallest absolute Gasteiger partial charge is 0.435 e. The average Bonchev–Trinajstić information content (AvgIpc) is 3.12. The van der Waals surface area contributed by atoms with Gasteiger partial charge in [-0.3, -0.25) is 4.72 Å². The van der Waals surface area contributed by atoms with Gasteiger partial charge in [0.2, 0.25) is 10.0 Å². The SMILES string of the molecule is COc1ccc(-c2cc(C(F)(F)F)nn2-c2ccc(NS(C)(=O)=O)cc2)cc1OC. The third-order valence-corrected chi connectivity index (χ3v) is 4.70. The molecule has 30 heavy (non-hydrogen) atoms. The molecule has 7 nitrogen and oxygen atoms in total. The van der Waals surface area contributed by atoms with E-state index in [0.717, 1.165) is 17.0 Å². The third-order valence-electron chi connectivity index (χ3n) is 4.09. The molecule has 0 unspecified atom stereocenters. The van der Waals surface area contributed by atoms with E-state index < -0.39 is 21.9 Å². The minimum absolute atomic E-state index is 0.173. The summed E-state index contributed by atoms with van der Waals surface area (Å²) in [5.41, 5.74) is 0.123. The van der Waals surface area contributed by atoms with Crippen molar-refractivity contribution >= 4 is 15.7 Å². The number of hydrogen-bond acceptors (Lipinski definition) is 5. The van der Waals surface area contributed by atoms with Crippen molar-refractivity contribution in [2.45, 2.75) is 6.18 Å². The predicted molar refractivity (Wildman–Crippen MR) is 106 cm³/mol. The van der Waals surface area contributed by atoms with Gasteiger partial charge in [-0.15, -0.1) is 0 Å². The molecule has 1 N–H and O–H groups in total. The fourth-order valence-corrected chi connectivity index (χ4v) is 3.37. The molecule has 1 heterocycles. The van der Waals surface area contributed by atoms with E-state index in [1.54, 1.807) is 18.2 Å². The van der Waals surface area contributed by atoms with Crippen molar-refractivity contribution in [1.82, 2.24) is 9.78 Å². The van der Waals surface area contributed by atoms with Crippen molar-refractivity contribution in [3.05, 3.63) is 54.2 Å². The number of nitrogens with zero attached hydrogens (tertiary/aromatic N) is 2. The van der Waals surface area contributed by atoms with Crippen LogP contribution in [0.1, 0.15) is 5.69 Å². The summed E-state index contributed by atoms with van der Waals surface area (Å²) < 4.78 is 76.5. The van der Waals surface area contributed by atoms with Gasteiger partial charge in [-0.1, -0.05) is 0 Å². The Kier molecular flexibility index (Phi) is 5.66. The van der Waals surface area contributed by atoms with Crippen molar-refractivity contribution in [2.24, 2.45) is 0 Å². The lowest BCUT2D eigenvalue weighted by molar-refractivity contribution is -0.141. The number of nitrogens with one attached hydrogen (secondary N) is 1. The molecule has 0 bridgehead atoms. The number of benzene rings is 2. The minimum Gasteiger partial charge on any atom is -0.493 e. The van der Waals surface area contributed by atoms with Crippen LogP contribution < -0.4 is 14.2 Å². The van der Waals surface area contributed by atoms with E-state index in [1.807, 2.05) is 0 Å². The summed E-state index contributed by atoms with van der Waals surface area (Å²) in [7, 11) is -0.604. The van der Waals surface area contributed by atoms with Crippen molar-refractivity contribution in [3.8, 4) is 28.4 Å². The van der Waals surface area contributed by atoms with Gasteiger partial charge in [0, 0.05) is 11.3 Å². The topological polar surface area (TPSA) is 82.5 Å². The van der Waals surface area contributed by atoms with Crippen molar-refractivity contribution < 1.29 is 31.1 Å². The molecule has 0 aliphatic rings. The van der Waals surface area contributed by atoms with E-state index in [0.29, 0.717) is 22.7 Å². The first-order valence-corrected chi connectivity index (χ1v) is 10.4. The van der Waals surface area contributed by atoms with Gasteiger partial charge in [-0.2, -0.15) is 18.3 Å². The maximum Gasteiger partial charge on any atom is 0.435 e. The highest BCUT2D eigenvalue weighted by atomic mass is 32.2. The van der Waals surface area contributed by atoms with Crippen molar-refractivity contribution in [2.75, 3.05) is 25.2 Å². The number of methoxy groups -OCH3 is 2. The highest BCUT2D eigenvalue weighted by molar-refractivity contribution is 7.92. The Morgan fingerprint density at radius 2 is 1.60 bits per heavy atom. The Morgan fingerprint density at radius 3 is 2.13 bits per heavy atom. The van der Waals surface area contributed by atoms with Crippen molar-refractivity contribution in [1.29, 1.82) is 0 Å². The molecular weight excluding hydrogens is 423 g/mol. The molecule has 0 aliphatic carbocycles. The minimum atomic E-state index is -4.64. The Labute approximate surface area is 171 Å². The van der Waals surface area contributed by atoms with E-state index >= 15 is 0 Å². The first-order chi connectivity index (χ1) is 14.0. The first-order valence-electron chi connectivity index (χ1n) is 8.49. The van der Waals surface area contributed by atoms with Crippen LogP contribution in [0.4, 0.5) is 18.9 Å². The zero-order valence-corrected chi connectivity index (χ0v) is 17.0. The number of sulfonamides is 1. The fraction of sp³-hybridized carbons (Fsp3) is 0.211. The van der Waals surface area contributed by atoms with Gasteiger partial charge in [0.15, 0.2) is 17.2 Å². The highest BCUT2D eigenvalue weighted by Gasteiger charge is 2.35. The third kappa shape index (κ3) is 4.67. The van der Waals surface area contributed by atoms with Gasteiger partial charge >= 0.3 is 6.18 Å². The second-order valence-corrected chi connectivity index (χ2v) is 8.06. The molecule has 2 aromatic carbocycles. The van der Waals surface area contributed by atoms with E-state index in [9.17, 15) is 21.6 Å². The van der Waals surface area contributed by atoms with Crippen LogP contribution >= 0.6 is 0 Å². The molecule has 0 spiro atoms. The quantitative estimate of drug-likeness (QED) is 0.627. The molecule has 3 aromatic rings. The molecule has 0 saturated heterocycles. The van der Waals surface area contributed by atoms with Crippen LogP contribution in [-0.4, -0.2) is 38.7 Å². The fourth-order valence-electron chi connectivity index (χ4n) is 2.80. The van der Waals surface area contributed by atoms with Gasteiger partial charge in [-0.05, 0) is 48.5 Å². The zero-order valence-electron chi connectivity index (χ0n) is 16.2. The van der Waals surface area contributed by atoms with E-state index in [2.05, 4.69) is 9.82 Å². The summed E-state index contributed by atoms with van der Waals surface area (Å²) in [5, 5.41) is 3.71. The lowest BCUT2D eigenvalue weighted by Crippen LogP contribution is -2.10. The summed E-state index contributed by atoms with van der Waals surface area (Å²) >= 11 is 0. The van der Waals surface area contributed by atoms with Crippen LogP contribution in [0.5, 0.6) is 11.5 Å². The molecule has 3 rings (SSSR count). The maximum absolute atomic E-state index is 13.3. The van der Waals surface area contributed by atoms with Crippen LogP contribution in [0.2, 0.25) is 0 Å². The molecule has 1 aromatic heterocycles. The summed E-state index contributed by atoms with van der Waals surface area (Å²) in [4.78, 5) is 0. The number of anilines is 1. The summed E-state index contributed by atoms with van der Waals surface area (Å²) in [6, 6.07) is 11.5. The molecule has 0 aliphatic heterocycles. The molecule has 0 saturated carbocycles. The number of rotatable bonds is 6. The second kappa shape index (κ2) is 7.90. The van der Waals surface area contributed by atoms with Crippen molar-refractivity contribution in [3.63, 3.8) is 0 Å². The van der Waals surface area contributed by atoms with Gasteiger partial charge in [0.05, 0.1) is 31.9 Å². The van der Waals surface area contributed by atoms with E-state index in [-0.39, 0.29) is 11.4 Å². The van der Waals surface area contributed by atoms with Crippen LogP contribution in [0.15, 0.2) is 48.5 Å². The van der Waals surface area contributed by atoms with Gasteiger partial charge in [0.25, 0.3) is 0 Å². The second-order valence-electron chi connectivity index (χ2n) is 6.32. The van der Waals surface area contributed by atoms with Gasteiger partial charge in [-0.25, -0.2) is 13.1 Å². The zero-order chi connectivity index (χ0) is 22.1. The molecule has 0 amide bonds. The predicted octanol–water partition coefficient (Wildman–Crippen LogP) is 3.95. The number of halogens is 3. The Bertz CT molecular complexity index is 1160. The normalized spacial score (nSPS) is 11.9. The van der Waals surface area contributed by atoms with Gasteiger partial charge in [0.1, 0.15) is 0 Å². The molecule has 160 valence electrons. The number of hydrogen-bond donors (Lipinski definition) is 1. The summed E-state index contributed by atoms with van der Waals surface area (Å²) in [5.74, 6) is 0.781. The maximum atomic E-state index is 13.3. The summed E-state index contributed by atoms with van der Waals surface area (Å²) in [6.07, 6.45) is -3.65. The molecule has 0 radical (unpaired) electrons. The van der Waals surface area contributed by atoms with Gasteiger partial charge < -0.3 is 9.47 Å². The van der Waals surface area contributed by atoms with Crippen LogP contribution in [-0.2, 0) is 16.2 Å². The molecule has 0 atom stereocenters. The lowest BCUT2D eigenvalue weighted by atomic mass is 10.1. The molecule has 0 fully saturated rings. The number of aromatic nitrogens is 2. The Hall–Kier alpha value is -3.21. The van der Waals surface area contributed by atoms with E-state index in [4.69, 9.17) is 9.47 Å². The molecule has 11 heteroatoms. The van der Waals surface area contributed by atoms with Crippen LogP contribution in [0, 0.1) is 0 Å². The Morgan fingerprint density at radius 1 is 0.967 bits per heavy atom. The number of alkyl halides is 3. The van der Waals surface area contributed by atoms with Crippen LogP contribution in [0.3, 0.4) is 0 Å². The van der Waals surface area contributed by atoms with E-state index in [1.165, 1.54) is 38.5 Å².